The molecule has 0 aromatic heterocycles. The van der Waals surface area contributed by atoms with Gasteiger partial charge in [-0.15, -0.1) is 0 Å². The molecule has 1 atom stereocenters. The van der Waals surface area contributed by atoms with E-state index in [9.17, 15) is 22.8 Å². The van der Waals surface area contributed by atoms with Gasteiger partial charge in [0.25, 0.3) is 5.91 Å². The molecule has 1 aromatic rings. The van der Waals surface area contributed by atoms with Crippen LogP contribution in [0, 0.1) is 0 Å². The van der Waals surface area contributed by atoms with Gasteiger partial charge in [0.05, 0.1) is 10.5 Å². The number of urea groups is 1. The number of imide groups is 1. The normalized spacial score (nSPS) is 15.6. The first-order valence-corrected chi connectivity index (χ1v) is 10.6. The van der Waals surface area contributed by atoms with E-state index in [1.54, 1.807) is 6.92 Å². The quantitative estimate of drug-likeness (QED) is 0.651. The molecular weight excluding hydrogens is 386 g/mol. The van der Waals surface area contributed by atoms with E-state index in [4.69, 9.17) is 4.74 Å². The van der Waals surface area contributed by atoms with Crippen LogP contribution in [-0.4, -0.2) is 56.4 Å². The molecule has 154 valence electrons. The molecule has 1 aromatic carbocycles. The van der Waals surface area contributed by atoms with Gasteiger partial charge in [-0.05, 0) is 44.4 Å². The fourth-order valence-corrected chi connectivity index (χ4v) is 4.16. The maximum absolute atomic E-state index is 12.6. The lowest BCUT2D eigenvalue weighted by Gasteiger charge is -2.15. The Morgan fingerprint density at radius 2 is 1.89 bits per heavy atom. The van der Waals surface area contributed by atoms with Gasteiger partial charge in [-0.2, -0.15) is 4.31 Å². The minimum Gasteiger partial charge on any atom is -0.452 e. The topological polar surface area (TPSA) is 122 Å². The number of esters is 1. The van der Waals surface area contributed by atoms with Gasteiger partial charge in [0, 0.05) is 19.1 Å². The molecule has 1 saturated heterocycles. The molecule has 3 amide bonds. The number of benzene rings is 1. The van der Waals surface area contributed by atoms with Gasteiger partial charge in [0.1, 0.15) is 0 Å². The highest BCUT2D eigenvalue weighted by atomic mass is 32.2. The van der Waals surface area contributed by atoms with Crippen LogP contribution in [0.3, 0.4) is 0 Å². The van der Waals surface area contributed by atoms with Crippen LogP contribution < -0.4 is 10.6 Å². The molecule has 0 aliphatic carbocycles. The molecule has 0 radical (unpaired) electrons. The van der Waals surface area contributed by atoms with Gasteiger partial charge >= 0.3 is 12.0 Å². The standard InChI is InChI=1S/C18H25N3O6S/c1-3-13(2)19-18(24)20-16(22)12-27-17(23)14-7-6-8-15(11-14)28(25,26)21-9-4-5-10-21/h6-8,11,13H,3-5,9-10,12H2,1-2H3,(H2,19,20,22,24)/t13-/m0/s1. The zero-order chi connectivity index (χ0) is 20.7. The summed E-state index contributed by atoms with van der Waals surface area (Å²) >= 11 is 0. The van der Waals surface area contributed by atoms with Crippen molar-refractivity contribution in [3.63, 3.8) is 0 Å². The van der Waals surface area contributed by atoms with Crippen molar-refractivity contribution in [1.82, 2.24) is 14.9 Å². The molecule has 1 fully saturated rings. The monoisotopic (exact) mass is 411 g/mol. The Labute approximate surface area is 164 Å². The molecule has 1 aliphatic heterocycles. The zero-order valence-corrected chi connectivity index (χ0v) is 16.8. The van der Waals surface area contributed by atoms with E-state index in [0.717, 1.165) is 12.8 Å². The number of carbonyl (C=O) groups excluding carboxylic acids is 3. The van der Waals surface area contributed by atoms with E-state index in [0.29, 0.717) is 19.5 Å². The second-order valence-corrected chi connectivity index (χ2v) is 8.48. The number of hydrogen-bond donors (Lipinski definition) is 2. The van der Waals surface area contributed by atoms with E-state index in [2.05, 4.69) is 10.6 Å². The summed E-state index contributed by atoms with van der Waals surface area (Å²) in [6.07, 6.45) is 2.31. The molecule has 9 nitrogen and oxygen atoms in total. The minimum absolute atomic E-state index is 0.00114. The fraction of sp³-hybridized carbons (Fsp3) is 0.500. The molecule has 28 heavy (non-hydrogen) atoms. The smallest absolute Gasteiger partial charge is 0.338 e. The largest absolute Gasteiger partial charge is 0.452 e. The Morgan fingerprint density at radius 3 is 2.54 bits per heavy atom. The van der Waals surface area contributed by atoms with Crippen LogP contribution in [0.15, 0.2) is 29.2 Å². The summed E-state index contributed by atoms with van der Waals surface area (Å²) in [7, 11) is -3.66. The summed E-state index contributed by atoms with van der Waals surface area (Å²) in [6, 6.07) is 4.71. The molecule has 0 unspecified atom stereocenters. The van der Waals surface area contributed by atoms with E-state index in [1.165, 1.54) is 28.6 Å². The number of nitrogens with zero attached hydrogens (tertiary/aromatic N) is 1. The molecule has 10 heteroatoms. The Bertz CT molecular complexity index is 833. The average molecular weight is 411 g/mol. The third-order valence-corrected chi connectivity index (χ3v) is 6.24. The number of rotatable bonds is 7. The summed E-state index contributed by atoms with van der Waals surface area (Å²) < 4.78 is 31.4. The highest BCUT2D eigenvalue weighted by Crippen LogP contribution is 2.21. The Balaban J connectivity index is 1.94. The number of carbonyl (C=O) groups is 3. The van der Waals surface area contributed by atoms with Gasteiger partial charge in [-0.3, -0.25) is 10.1 Å². The van der Waals surface area contributed by atoms with Crippen molar-refractivity contribution in [2.24, 2.45) is 0 Å². The summed E-state index contributed by atoms with van der Waals surface area (Å²) in [4.78, 5) is 35.4. The first-order valence-electron chi connectivity index (χ1n) is 9.11. The van der Waals surface area contributed by atoms with Gasteiger partial charge < -0.3 is 10.1 Å². The maximum Gasteiger partial charge on any atom is 0.338 e. The van der Waals surface area contributed by atoms with Crippen LogP contribution >= 0.6 is 0 Å². The summed E-state index contributed by atoms with van der Waals surface area (Å²) in [5.74, 6) is -1.63. The predicted octanol–water partition coefficient (Wildman–Crippen LogP) is 1.25. The predicted molar refractivity (Wildman–Crippen MR) is 101 cm³/mol. The van der Waals surface area contributed by atoms with E-state index in [1.807, 2.05) is 6.92 Å². The van der Waals surface area contributed by atoms with Crippen LogP contribution in [0.25, 0.3) is 0 Å². The van der Waals surface area contributed by atoms with E-state index in [-0.39, 0.29) is 16.5 Å². The van der Waals surface area contributed by atoms with Crippen LogP contribution in [0.2, 0.25) is 0 Å². The third-order valence-electron chi connectivity index (χ3n) is 4.35. The Hall–Kier alpha value is -2.46. The maximum atomic E-state index is 12.6. The Morgan fingerprint density at radius 1 is 1.21 bits per heavy atom. The molecule has 0 saturated carbocycles. The highest BCUT2D eigenvalue weighted by Gasteiger charge is 2.27. The second kappa shape index (κ2) is 9.65. The van der Waals surface area contributed by atoms with Crippen molar-refractivity contribution in [3.8, 4) is 0 Å². The summed E-state index contributed by atoms with van der Waals surface area (Å²) in [5.41, 5.74) is 0.0112. The minimum atomic E-state index is -3.66. The molecule has 2 N–H and O–H groups in total. The number of ether oxygens (including phenoxy) is 1. The molecule has 1 heterocycles. The molecule has 0 bridgehead atoms. The lowest BCUT2D eigenvalue weighted by molar-refractivity contribution is -0.123. The van der Waals surface area contributed by atoms with E-state index < -0.39 is 34.5 Å². The molecule has 0 spiro atoms. The van der Waals surface area contributed by atoms with Gasteiger partial charge in [0.15, 0.2) is 6.61 Å². The summed E-state index contributed by atoms with van der Waals surface area (Å²) in [6.45, 7) is 3.92. The number of sulfonamides is 1. The Kier molecular flexibility index (Phi) is 7.53. The van der Waals surface area contributed by atoms with Gasteiger partial charge in [-0.25, -0.2) is 18.0 Å². The first-order chi connectivity index (χ1) is 13.2. The van der Waals surface area contributed by atoms with Crippen molar-refractivity contribution in [2.75, 3.05) is 19.7 Å². The lowest BCUT2D eigenvalue weighted by atomic mass is 10.2. The van der Waals surface area contributed by atoms with Crippen LogP contribution in [-0.2, 0) is 19.6 Å². The zero-order valence-electron chi connectivity index (χ0n) is 15.9. The SMILES string of the molecule is CC[C@H](C)NC(=O)NC(=O)COC(=O)c1cccc(S(=O)(=O)N2CCCC2)c1. The van der Waals surface area contributed by atoms with Crippen molar-refractivity contribution in [3.05, 3.63) is 29.8 Å². The molecule has 1 aliphatic rings. The van der Waals surface area contributed by atoms with Crippen molar-refractivity contribution < 1.29 is 27.5 Å². The van der Waals surface area contributed by atoms with Crippen LogP contribution in [0.1, 0.15) is 43.5 Å². The average Bonchev–Trinajstić information content (AvgIpc) is 3.21. The van der Waals surface area contributed by atoms with Crippen molar-refractivity contribution in [1.29, 1.82) is 0 Å². The van der Waals surface area contributed by atoms with Crippen LogP contribution in [0.5, 0.6) is 0 Å². The van der Waals surface area contributed by atoms with Crippen molar-refractivity contribution >= 4 is 27.9 Å². The highest BCUT2D eigenvalue weighted by molar-refractivity contribution is 7.89. The number of hydrogen-bond acceptors (Lipinski definition) is 6. The number of nitrogens with one attached hydrogen (secondary N) is 2. The first kappa shape index (κ1) is 21.8. The molecule has 2 rings (SSSR count). The van der Waals surface area contributed by atoms with Gasteiger partial charge in [0.2, 0.25) is 10.0 Å². The fourth-order valence-electron chi connectivity index (χ4n) is 2.60. The van der Waals surface area contributed by atoms with Crippen LogP contribution in [0.4, 0.5) is 4.79 Å². The molecular formula is C18H25N3O6S. The van der Waals surface area contributed by atoms with E-state index >= 15 is 0 Å². The third kappa shape index (κ3) is 5.77. The van der Waals surface area contributed by atoms with Crippen molar-refractivity contribution in [2.45, 2.75) is 44.0 Å². The lowest BCUT2D eigenvalue weighted by Crippen LogP contribution is -2.44. The second-order valence-electron chi connectivity index (χ2n) is 6.55. The summed E-state index contributed by atoms with van der Waals surface area (Å²) in [5, 5.41) is 4.60. The van der Waals surface area contributed by atoms with Gasteiger partial charge in [-0.1, -0.05) is 13.0 Å². The number of amides is 3.